The summed E-state index contributed by atoms with van der Waals surface area (Å²) in [5.74, 6) is -0.816. The minimum absolute atomic E-state index is 0.102. The van der Waals surface area contributed by atoms with E-state index in [2.05, 4.69) is 5.32 Å². The van der Waals surface area contributed by atoms with Gasteiger partial charge in [0.2, 0.25) is 5.91 Å². The van der Waals surface area contributed by atoms with Crippen molar-refractivity contribution in [2.45, 2.75) is 33.1 Å². The Labute approximate surface area is 203 Å². The van der Waals surface area contributed by atoms with Gasteiger partial charge in [0.15, 0.2) is 0 Å². The van der Waals surface area contributed by atoms with Crippen LogP contribution in [0.1, 0.15) is 47.7 Å². The fraction of sp³-hybridized carbons (Fsp3) is 0.280. The van der Waals surface area contributed by atoms with Gasteiger partial charge in [0, 0.05) is 18.7 Å². The zero-order valence-electron chi connectivity index (χ0n) is 18.6. The largest absolute Gasteiger partial charge is 0.462 e. The number of nitrogens with one attached hydrogen (secondary N) is 1. The van der Waals surface area contributed by atoms with Crippen molar-refractivity contribution in [3.8, 4) is 0 Å². The lowest BCUT2D eigenvalue weighted by Gasteiger charge is -2.14. The molecule has 3 rings (SSSR count). The molecule has 0 spiro atoms. The highest BCUT2D eigenvalue weighted by Gasteiger charge is 2.32. The van der Waals surface area contributed by atoms with Crippen LogP contribution in [0.25, 0.3) is 6.08 Å². The molecule has 1 N–H and O–H groups in total. The van der Waals surface area contributed by atoms with Crippen molar-refractivity contribution in [2.24, 2.45) is 0 Å². The molecule has 6 nitrogen and oxygen atoms in total. The smallest absolute Gasteiger partial charge is 0.338 e. The van der Waals surface area contributed by atoms with Gasteiger partial charge in [-0.25, -0.2) is 4.79 Å². The van der Waals surface area contributed by atoms with Crippen molar-refractivity contribution in [3.63, 3.8) is 0 Å². The third-order valence-corrected chi connectivity index (χ3v) is 6.32. The molecule has 0 bridgehead atoms. The van der Waals surface area contributed by atoms with Crippen molar-refractivity contribution < 1.29 is 19.1 Å². The number of thiocarbonyl (C=S) groups is 1. The van der Waals surface area contributed by atoms with Gasteiger partial charge in [-0.3, -0.25) is 14.5 Å². The molecule has 2 aromatic carbocycles. The molecule has 1 saturated heterocycles. The Bertz CT molecular complexity index is 1060. The van der Waals surface area contributed by atoms with Crippen LogP contribution in [0.3, 0.4) is 0 Å². The van der Waals surface area contributed by atoms with E-state index >= 15 is 0 Å². The van der Waals surface area contributed by atoms with E-state index in [1.54, 1.807) is 24.3 Å². The number of aryl methyl sites for hydroxylation is 1. The molecule has 0 radical (unpaired) electrons. The molecule has 172 valence electrons. The Kier molecular flexibility index (Phi) is 8.79. The highest BCUT2D eigenvalue weighted by Crippen LogP contribution is 2.32. The van der Waals surface area contributed by atoms with Gasteiger partial charge in [-0.15, -0.1) is 0 Å². The highest BCUT2D eigenvalue weighted by molar-refractivity contribution is 8.26. The summed E-state index contributed by atoms with van der Waals surface area (Å²) in [6.07, 6.45) is 3.69. The molecular formula is C25H26N2O4S2. The number of carbonyl (C=O) groups excluding carboxylic acids is 3. The number of rotatable bonds is 9. The average Bonchev–Trinajstić information content (AvgIpc) is 3.06. The number of unbranched alkanes of at least 4 members (excludes halogenated alkanes) is 1. The van der Waals surface area contributed by atoms with E-state index in [9.17, 15) is 14.4 Å². The number of carbonyl (C=O) groups is 3. The van der Waals surface area contributed by atoms with Crippen molar-refractivity contribution in [1.82, 2.24) is 4.90 Å². The molecular weight excluding hydrogens is 456 g/mol. The van der Waals surface area contributed by atoms with E-state index in [-0.39, 0.29) is 30.7 Å². The fourth-order valence-corrected chi connectivity index (χ4v) is 4.33. The van der Waals surface area contributed by atoms with Crippen LogP contribution >= 0.6 is 24.0 Å². The van der Waals surface area contributed by atoms with Crippen LogP contribution in [-0.4, -0.2) is 40.2 Å². The second-order valence-corrected chi connectivity index (χ2v) is 9.28. The van der Waals surface area contributed by atoms with Crippen LogP contribution in [0.5, 0.6) is 0 Å². The SMILES string of the molecule is CCCCOC(=O)c1ccc(NC(=O)CCN2C(=O)C(=Cc3ccc(C)cc3)SC2=S)cc1. The van der Waals surface area contributed by atoms with Crippen molar-refractivity contribution in [1.29, 1.82) is 0 Å². The Morgan fingerprint density at radius 2 is 1.82 bits per heavy atom. The van der Waals surface area contributed by atoms with Gasteiger partial charge in [-0.2, -0.15) is 0 Å². The lowest BCUT2D eigenvalue weighted by Crippen LogP contribution is -2.31. The second kappa shape index (κ2) is 11.8. The summed E-state index contributed by atoms with van der Waals surface area (Å²) in [4.78, 5) is 39.1. The molecule has 1 aliphatic rings. The van der Waals surface area contributed by atoms with Crippen LogP contribution in [0.4, 0.5) is 5.69 Å². The Morgan fingerprint density at radius 1 is 1.12 bits per heavy atom. The van der Waals surface area contributed by atoms with E-state index in [4.69, 9.17) is 17.0 Å². The summed E-state index contributed by atoms with van der Waals surface area (Å²) < 4.78 is 5.62. The van der Waals surface area contributed by atoms with E-state index < -0.39 is 0 Å². The summed E-state index contributed by atoms with van der Waals surface area (Å²) in [6, 6.07) is 14.4. The van der Waals surface area contributed by atoms with Crippen molar-refractivity contribution in [3.05, 3.63) is 70.1 Å². The first-order valence-electron chi connectivity index (χ1n) is 10.8. The lowest BCUT2D eigenvalue weighted by atomic mass is 10.1. The summed E-state index contributed by atoms with van der Waals surface area (Å²) in [5.41, 5.74) is 3.07. The lowest BCUT2D eigenvalue weighted by molar-refractivity contribution is -0.122. The quantitative estimate of drug-likeness (QED) is 0.230. The summed E-state index contributed by atoms with van der Waals surface area (Å²) in [5, 5.41) is 2.78. The minimum Gasteiger partial charge on any atom is -0.462 e. The molecule has 2 amide bonds. The first kappa shape index (κ1) is 24.7. The number of thioether (sulfide) groups is 1. The van der Waals surface area contributed by atoms with Crippen LogP contribution in [-0.2, 0) is 14.3 Å². The van der Waals surface area contributed by atoms with Crippen molar-refractivity contribution in [2.75, 3.05) is 18.5 Å². The number of anilines is 1. The number of nitrogens with zero attached hydrogens (tertiary/aromatic N) is 1. The van der Waals surface area contributed by atoms with Gasteiger partial charge in [0.1, 0.15) is 4.32 Å². The van der Waals surface area contributed by atoms with E-state index in [1.807, 2.05) is 44.2 Å². The maximum atomic E-state index is 12.7. The van der Waals surface area contributed by atoms with Gasteiger partial charge in [-0.05, 0) is 49.2 Å². The van der Waals surface area contributed by atoms with E-state index in [1.165, 1.54) is 16.7 Å². The molecule has 0 aliphatic carbocycles. The third-order valence-electron chi connectivity index (χ3n) is 4.95. The molecule has 1 heterocycles. The van der Waals surface area contributed by atoms with Crippen LogP contribution in [0.2, 0.25) is 0 Å². The summed E-state index contributed by atoms with van der Waals surface area (Å²) in [7, 11) is 0. The second-order valence-electron chi connectivity index (χ2n) is 7.61. The molecule has 2 aromatic rings. The topological polar surface area (TPSA) is 75.7 Å². The molecule has 0 unspecified atom stereocenters. The molecule has 1 aliphatic heterocycles. The molecule has 0 aromatic heterocycles. The Balaban J connectivity index is 1.51. The normalized spacial score (nSPS) is 14.6. The van der Waals surface area contributed by atoms with Crippen LogP contribution in [0, 0.1) is 6.92 Å². The molecule has 0 saturated carbocycles. The molecule has 1 fully saturated rings. The standard InChI is InChI=1S/C25H26N2O4S2/c1-3-4-15-31-24(30)19-9-11-20(12-10-19)26-22(28)13-14-27-23(29)21(33-25(27)32)16-18-7-5-17(2)6-8-18/h5-12,16H,3-4,13-15H2,1-2H3,(H,26,28). The van der Waals surface area contributed by atoms with Crippen molar-refractivity contribution >= 4 is 57.8 Å². The monoisotopic (exact) mass is 482 g/mol. The maximum absolute atomic E-state index is 12.7. The predicted molar refractivity (Wildman–Crippen MR) is 136 cm³/mol. The fourth-order valence-electron chi connectivity index (χ4n) is 3.03. The first-order valence-corrected chi connectivity index (χ1v) is 12.0. The number of hydrogen-bond donors (Lipinski definition) is 1. The van der Waals surface area contributed by atoms with E-state index in [0.717, 1.165) is 24.0 Å². The van der Waals surface area contributed by atoms with Gasteiger partial charge in [0.05, 0.1) is 17.1 Å². The maximum Gasteiger partial charge on any atom is 0.338 e. The van der Waals surface area contributed by atoms with Gasteiger partial charge in [-0.1, -0.05) is 67.2 Å². The molecule has 33 heavy (non-hydrogen) atoms. The minimum atomic E-state index is -0.380. The van der Waals surface area contributed by atoms with Crippen LogP contribution in [0.15, 0.2) is 53.4 Å². The third kappa shape index (κ3) is 7.00. The molecule has 0 atom stereocenters. The summed E-state index contributed by atoms with van der Waals surface area (Å²) in [6.45, 7) is 4.62. The average molecular weight is 483 g/mol. The molecule has 8 heteroatoms. The van der Waals surface area contributed by atoms with Crippen LogP contribution < -0.4 is 5.32 Å². The van der Waals surface area contributed by atoms with E-state index in [0.29, 0.717) is 27.1 Å². The Hall–Kier alpha value is -2.97. The zero-order chi connectivity index (χ0) is 23.8. The first-order chi connectivity index (χ1) is 15.9. The predicted octanol–water partition coefficient (Wildman–Crippen LogP) is 5.18. The zero-order valence-corrected chi connectivity index (χ0v) is 20.3. The summed E-state index contributed by atoms with van der Waals surface area (Å²) >= 11 is 6.58. The van der Waals surface area contributed by atoms with Gasteiger partial charge < -0.3 is 10.1 Å². The highest BCUT2D eigenvalue weighted by atomic mass is 32.2. The van der Waals surface area contributed by atoms with Gasteiger partial charge >= 0.3 is 5.97 Å². The Morgan fingerprint density at radius 3 is 2.48 bits per heavy atom. The van der Waals surface area contributed by atoms with Gasteiger partial charge in [0.25, 0.3) is 5.91 Å². The number of hydrogen-bond acceptors (Lipinski definition) is 6. The number of benzene rings is 2. The number of amides is 2. The number of esters is 1. The number of ether oxygens (including phenoxy) is 1.